The number of hydrogen-bond acceptors (Lipinski definition) is 6. The summed E-state index contributed by atoms with van der Waals surface area (Å²) < 4.78 is 26.2. The zero-order chi connectivity index (χ0) is 20.0. The minimum Gasteiger partial charge on any atom is -0.326 e. The van der Waals surface area contributed by atoms with Gasteiger partial charge >= 0.3 is 0 Å². The lowest BCUT2D eigenvalue weighted by Crippen LogP contribution is -2.25. The van der Waals surface area contributed by atoms with Crippen LogP contribution in [0.15, 0.2) is 59.1 Å². The number of nitrogens with zero attached hydrogens (tertiary/aromatic N) is 1. The van der Waals surface area contributed by atoms with Gasteiger partial charge in [-0.2, -0.15) is 11.3 Å². The monoisotopic (exact) mass is 433 g/mol. The summed E-state index contributed by atoms with van der Waals surface area (Å²) in [6.45, 7) is 3.68. The molecule has 0 aliphatic heterocycles. The normalized spacial score (nSPS) is 11.3. The van der Waals surface area contributed by atoms with Crippen molar-refractivity contribution in [3.8, 4) is 10.6 Å². The number of thiazole rings is 1. The molecule has 0 spiro atoms. The molecule has 0 unspecified atom stereocenters. The van der Waals surface area contributed by atoms with Crippen molar-refractivity contribution >= 4 is 44.3 Å². The molecule has 2 heterocycles. The molecule has 1 aromatic carbocycles. The SMILES string of the molecule is C=CCNS(=O)(=O)Cc1ccc(NC(=O)Cc2csc(-c3ccsc3)n2)cc1. The third kappa shape index (κ3) is 5.83. The van der Waals surface area contributed by atoms with Gasteiger partial charge in [-0.05, 0) is 29.1 Å². The van der Waals surface area contributed by atoms with Gasteiger partial charge < -0.3 is 5.32 Å². The van der Waals surface area contributed by atoms with Crippen molar-refractivity contribution in [2.24, 2.45) is 0 Å². The highest BCUT2D eigenvalue weighted by molar-refractivity contribution is 7.88. The lowest BCUT2D eigenvalue weighted by molar-refractivity contribution is -0.115. The van der Waals surface area contributed by atoms with Crippen LogP contribution >= 0.6 is 22.7 Å². The van der Waals surface area contributed by atoms with Crippen molar-refractivity contribution in [3.05, 3.63) is 70.4 Å². The quantitative estimate of drug-likeness (QED) is 0.504. The molecule has 9 heteroatoms. The number of benzene rings is 1. The van der Waals surface area contributed by atoms with Gasteiger partial charge in [0.25, 0.3) is 0 Å². The van der Waals surface area contributed by atoms with Crippen molar-refractivity contribution in [1.29, 1.82) is 0 Å². The Labute approximate surface area is 172 Å². The molecule has 0 atom stereocenters. The van der Waals surface area contributed by atoms with Gasteiger partial charge in [-0.1, -0.05) is 18.2 Å². The highest BCUT2D eigenvalue weighted by Crippen LogP contribution is 2.26. The first-order chi connectivity index (χ1) is 13.4. The van der Waals surface area contributed by atoms with E-state index in [0.29, 0.717) is 11.3 Å². The maximum Gasteiger partial charge on any atom is 0.230 e. The molecular formula is C19H19N3O3S3. The minimum absolute atomic E-state index is 0.126. The van der Waals surface area contributed by atoms with Crippen LogP contribution in [0, 0.1) is 0 Å². The number of thiophene rings is 1. The fourth-order valence-corrected chi connectivity index (χ4v) is 5.05. The Morgan fingerprint density at radius 3 is 2.64 bits per heavy atom. The first-order valence-electron chi connectivity index (χ1n) is 8.39. The van der Waals surface area contributed by atoms with Crippen LogP contribution in [0.25, 0.3) is 10.6 Å². The molecule has 1 amide bonds. The standard InChI is InChI=1S/C19H19N3O3S3/c1-2-8-20-28(24,25)13-14-3-5-16(6-4-14)21-18(23)10-17-12-27-19(22-17)15-7-9-26-11-15/h2-7,9,11-12,20H,1,8,10,13H2,(H,21,23). The van der Waals surface area contributed by atoms with Crippen LogP contribution in [0.2, 0.25) is 0 Å². The predicted molar refractivity (Wildman–Crippen MR) is 115 cm³/mol. The number of hydrogen-bond donors (Lipinski definition) is 2. The molecular weight excluding hydrogens is 414 g/mol. The smallest absolute Gasteiger partial charge is 0.230 e. The van der Waals surface area contributed by atoms with E-state index in [1.54, 1.807) is 35.6 Å². The van der Waals surface area contributed by atoms with E-state index >= 15 is 0 Å². The van der Waals surface area contributed by atoms with E-state index in [4.69, 9.17) is 0 Å². The maximum absolute atomic E-state index is 12.2. The van der Waals surface area contributed by atoms with Gasteiger partial charge in [-0.3, -0.25) is 4.79 Å². The Balaban J connectivity index is 1.55. The first kappa shape index (κ1) is 20.4. The second-order valence-corrected chi connectivity index (χ2v) is 9.42. The van der Waals surface area contributed by atoms with Crippen LogP contribution in [0.3, 0.4) is 0 Å². The summed E-state index contributed by atoms with van der Waals surface area (Å²) in [5.74, 6) is -0.297. The first-order valence-corrected chi connectivity index (χ1v) is 11.9. The van der Waals surface area contributed by atoms with Crippen LogP contribution in [-0.2, 0) is 27.0 Å². The molecule has 3 aromatic rings. The second-order valence-electron chi connectivity index (χ2n) is 5.97. The molecule has 0 bridgehead atoms. The number of nitrogens with one attached hydrogen (secondary N) is 2. The van der Waals surface area contributed by atoms with Crippen LogP contribution in [0.4, 0.5) is 5.69 Å². The van der Waals surface area contributed by atoms with E-state index in [0.717, 1.165) is 16.3 Å². The largest absolute Gasteiger partial charge is 0.326 e. The number of carbonyl (C=O) groups is 1. The topological polar surface area (TPSA) is 88.2 Å². The molecule has 0 fully saturated rings. The van der Waals surface area contributed by atoms with E-state index < -0.39 is 10.0 Å². The molecule has 0 aliphatic carbocycles. The molecule has 2 aromatic heterocycles. The Morgan fingerprint density at radius 1 is 1.18 bits per heavy atom. The lowest BCUT2D eigenvalue weighted by Gasteiger charge is -2.07. The maximum atomic E-state index is 12.2. The van der Waals surface area contributed by atoms with Crippen molar-refractivity contribution < 1.29 is 13.2 Å². The summed E-state index contributed by atoms with van der Waals surface area (Å²) in [5.41, 5.74) is 3.03. The summed E-state index contributed by atoms with van der Waals surface area (Å²) in [7, 11) is -3.40. The van der Waals surface area contributed by atoms with Crippen LogP contribution in [-0.4, -0.2) is 25.9 Å². The van der Waals surface area contributed by atoms with E-state index in [1.165, 1.54) is 17.4 Å². The van der Waals surface area contributed by atoms with Crippen LogP contribution < -0.4 is 10.0 Å². The number of carbonyl (C=O) groups excluding carboxylic acids is 1. The van der Waals surface area contributed by atoms with E-state index in [1.807, 2.05) is 22.2 Å². The van der Waals surface area contributed by atoms with Gasteiger partial charge in [0.2, 0.25) is 15.9 Å². The molecule has 28 heavy (non-hydrogen) atoms. The van der Waals surface area contributed by atoms with Crippen LogP contribution in [0.1, 0.15) is 11.3 Å². The van der Waals surface area contributed by atoms with E-state index in [-0.39, 0.29) is 24.6 Å². The molecule has 0 radical (unpaired) electrons. The third-order valence-corrected chi connectivity index (χ3v) is 6.65. The number of anilines is 1. The van der Waals surface area contributed by atoms with Gasteiger partial charge in [0.15, 0.2) is 0 Å². The second kappa shape index (κ2) is 9.24. The average molecular weight is 434 g/mol. The van der Waals surface area contributed by atoms with E-state index in [2.05, 4.69) is 21.6 Å². The minimum atomic E-state index is -3.40. The molecule has 0 saturated heterocycles. The number of sulfonamides is 1. The summed E-state index contributed by atoms with van der Waals surface area (Å²) in [4.78, 5) is 16.7. The molecule has 2 N–H and O–H groups in total. The Bertz CT molecular complexity index is 1040. The van der Waals surface area contributed by atoms with Gasteiger partial charge in [0.1, 0.15) is 5.01 Å². The van der Waals surface area contributed by atoms with Gasteiger partial charge in [0.05, 0.1) is 17.9 Å². The average Bonchev–Trinajstić information content (AvgIpc) is 3.33. The Hall–Kier alpha value is -2.33. The summed E-state index contributed by atoms with van der Waals surface area (Å²) in [5, 5.41) is 9.62. The molecule has 3 rings (SSSR count). The predicted octanol–water partition coefficient (Wildman–Crippen LogP) is 3.66. The molecule has 0 saturated carbocycles. The van der Waals surface area contributed by atoms with Crippen molar-refractivity contribution in [2.75, 3.05) is 11.9 Å². The molecule has 0 aliphatic rings. The number of aromatic nitrogens is 1. The van der Waals surface area contributed by atoms with Crippen LogP contribution in [0.5, 0.6) is 0 Å². The van der Waals surface area contributed by atoms with Crippen molar-refractivity contribution in [2.45, 2.75) is 12.2 Å². The molecule has 146 valence electrons. The van der Waals surface area contributed by atoms with E-state index in [9.17, 15) is 13.2 Å². The molecule has 6 nitrogen and oxygen atoms in total. The van der Waals surface area contributed by atoms with Gasteiger partial charge in [0, 0.05) is 28.6 Å². The number of rotatable bonds is 9. The fourth-order valence-electron chi connectivity index (χ4n) is 2.42. The fraction of sp³-hybridized carbons (Fsp3) is 0.158. The van der Waals surface area contributed by atoms with Gasteiger partial charge in [-0.25, -0.2) is 18.1 Å². The Kier molecular flexibility index (Phi) is 6.74. The Morgan fingerprint density at radius 2 is 1.96 bits per heavy atom. The third-order valence-electron chi connectivity index (χ3n) is 3.70. The zero-order valence-corrected chi connectivity index (χ0v) is 17.4. The number of amides is 1. The zero-order valence-electron chi connectivity index (χ0n) is 14.9. The van der Waals surface area contributed by atoms with Crippen molar-refractivity contribution in [3.63, 3.8) is 0 Å². The van der Waals surface area contributed by atoms with Crippen molar-refractivity contribution in [1.82, 2.24) is 9.71 Å². The highest BCUT2D eigenvalue weighted by Gasteiger charge is 2.12. The summed E-state index contributed by atoms with van der Waals surface area (Å²) in [6, 6.07) is 8.74. The van der Waals surface area contributed by atoms with Gasteiger partial charge in [-0.15, -0.1) is 17.9 Å². The highest BCUT2D eigenvalue weighted by atomic mass is 32.2. The summed E-state index contributed by atoms with van der Waals surface area (Å²) >= 11 is 3.12. The lowest BCUT2D eigenvalue weighted by atomic mass is 10.2. The summed E-state index contributed by atoms with van der Waals surface area (Å²) in [6.07, 6.45) is 1.67.